The van der Waals surface area contributed by atoms with Crippen LogP contribution in [0.3, 0.4) is 0 Å². The molecule has 0 aromatic heterocycles. The van der Waals surface area contributed by atoms with Gasteiger partial charge in [0, 0.05) is 16.3 Å². The molecule has 24 heavy (non-hydrogen) atoms. The second-order valence-electron chi connectivity index (χ2n) is 5.32. The number of aryl methyl sites for hydroxylation is 1. The van der Waals surface area contributed by atoms with Crippen molar-refractivity contribution < 1.29 is 9.53 Å². The van der Waals surface area contributed by atoms with Crippen LogP contribution in [-0.4, -0.2) is 12.6 Å². The highest BCUT2D eigenvalue weighted by molar-refractivity contribution is 6.44. The summed E-state index contributed by atoms with van der Waals surface area (Å²) in [6, 6.07) is 9.98. The maximum atomic E-state index is 12.6. The first kappa shape index (κ1) is 18.9. The smallest absolute Gasteiger partial charge is 0.333 e. The summed E-state index contributed by atoms with van der Waals surface area (Å²) >= 11 is 18.7. The molecular weight excluding hydrogens is 369 g/mol. The average Bonchev–Trinajstić information content (AvgIpc) is 2.57. The number of carbonyl (C=O) groups excluding carboxylic acids is 1. The molecule has 0 spiro atoms. The lowest BCUT2D eigenvalue weighted by Gasteiger charge is -2.22. The molecule has 6 heteroatoms. The molecule has 0 aliphatic carbocycles. The van der Waals surface area contributed by atoms with Crippen molar-refractivity contribution in [3.05, 3.63) is 62.6 Å². The maximum absolute atomic E-state index is 12.6. The van der Waals surface area contributed by atoms with E-state index in [1.165, 1.54) is 0 Å². The van der Waals surface area contributed by atoms with Crippen LogP contribution in [0.25, 0.3) is 0 Å². The maximum Gasteiger partial charge on any atom is 0.333 e. The molecule has 0 heterocycles. The predicted octanol–water partition coefficient (Wildman–Crippen LogP) is 6.06. The molecular formula is C18H18Cl3NO2. The Bertz CT molecular complexity index is 734. The van der Waals surface area contributed by atoms with E-state index < -0.39 is 12.0 Å². The number of carbonyl (C=O) groups is 1. The molecule has 2 aromatic rings. The van der Waals surface area contributed by atoms with Gasteiger partial charge in [-0.1, -0.05) is 59.9 Å². The van der Waals surface area contributed by atoms with Crippen LogP contribution in [0.5, 0.6) is 0 Å². The number of nitrogens with one attached hydrogen (secondary N) is 1. The molecule has 0 radical (unpaired) electrons. The number of anilines is 1. The molecule has 1 atom stereocenters. The highest BCUT2D eigenvalue weighted by Gasteiger charge is 2.28. The Hall–Kier alpha value is -1.42. The number of hydrogen-bond donors (Lipinski definition) is 1. The summed E-state index contributed by atoms with van der Waals surface area (Å²) in [5, 5.41) is 4.10. The SMILES string of the molecule is CCCOC(=O)C(Nc1ccccc1C)c1c(Cl)ccc(Cl)c1Cl. The number of ether oxygens (including phenoxy) is 1. The van der Waals surface area contributed by atoms with E-state index in [1.54, 1.807) is 12.1 Å². The van der Waals surface area contributed by atoms with Gasteiger partial charge in [0.1, 0.15) is 0 Å². The monoisotopic (exact) mass is 385 g/mol. The van der Waals surface area contributed by atoms with Crippen molar-refractivity contribution in [1.29, 1.82) is 0 Å². The number of para-hydroxylation sites is 1. The van der Waals surface area contributed by atoms with E-state index in [9.17, 15) is 4.79 Å². The van der Waals surface area contributed by atoms with Crippen LogP contribution < -0.4 is 5.32 Å². The summed E-state index contributed by atoms with van der Waals surface area (Å²) in [5.74, 6) is -0.453. The van der Waals surface area contributed by atoms with E-state index in [1.807, 2.05) is 38.1 Å². The van der Waals surface area contributed by atoms with Crippen LogP contribution in [0.2, 0.25) is 15.1 Å². The van der Waals surface area contributed by atoms with Gasteiger partial charge in [-0.25, -0.2) is 4.79 Å². The molecule has 0 aliphatic heterocycles. The number of rotatable bonds is 6. The topological polar surface area (TPSA) is 38.3 Å². The van der Waals surface area contributed by atoms with Gasteiger partial charge in [0.25, 0.3) is 0 Å². The zero-order chi connectivity index (χ0) is 17.7. The van der Waals surface area contributed by atoms with Gasteiger partial charge in [-0.2, -0.15) is 0 Å². The molecule has 2 rings (SSSR count). The van der Waals surface area contributed by atoms with Crippen LogP contribution in [-0.2, 0) is 9.53 Å². The van der Waals surface area contributed by atoms with Crippen LogP contribution in [0.1, 0.15) is 30.5 Å². The number of esters is 1. The van der Waals surface area contributed by atoms with Crippen molar-refractivity contribution in [2.45, 2.75) is 26.3 Å². The Morgan fingerprint density at radius 3 is 2.46 bits per heavy atom. The molecule has 0 bridgehead atoms. The van der Waals surface area contributed by atoms with Gasteiger partial charge in [-0.3, -0.25) is 0 Å². The average molecular weight is 387 g/mol. The van der Waals surface area contributed by atoms with Gasteiger partial charge < -0.3 is 10.1 Å². The third kappa shape index (κ3) is 4.35. The highest BCUT2D eigenvalue weighted by Crippen LogP contribution is 2.38. The summed E-state index contributed by atoms with van der Waals surface area (Å²) in [7, 11) is 0. The number of hydrogen-bond acceptors (Lipinski definition) is 3. The zero-order valence-electron chi connectivity index (χ0n) is 13.4. The standard InChI is InChI=1S/C18H18Cl3NO2/c1-3-10-24-18(23)17(22-14-7-5-4-6-11(14)2)15-12(19)8-9-13(20)16(15)21/h4-9,17,22H,3,10H2,1-2H3. The van der Waals surface area contributed by atoms with Gasteiger partial charge in [0.2, 0.25) is 0 Å². The highest BCUT2D eigenvalue weighted by atomic mass is 35.5. The summed E-state index contributed by atoms with van der Waals surface area (Å²) in [5.41, 5.74) is 2.19. The van der Waals surface area contributed by atoms with Gasteiger partial charge in [0.15, 0.2) is 6.04 Å². The fourth-order valence-corrected chi connectivity index (χ4v) is 2.99. The molecule has 3 nitrogen and oxygen atoms in total. The molecule has 0 saturated carbocycles. The van der Waals surface area contributed by atoms with E-state index in [0.717, 1.165) is 17.7 Å². The second-order valence-corrected chi connectivity index (χ2v) is 6.51. The Balaban J connectivity index is 2.46. The molecule has 0 aliphatic rings. The lowest BCUT2D eigenvalue weighted by atomic mass is 10.1. The Morgan fingerprint density at radius 1 is 1.12 bits per heavy atom. The van der Waals surface area contributed by atoms with E-state index in [0.29, 0.717) is 22.2 Å². The van der Waals surface area contributed by atoms with Crippen LogP contribution >= 0.6 is 34.8 Å². The molecule has 0 fully saturated rings. The van der Waals surface area contributed by atoms with Crippen molar-refractivity contribution in [3.63, 3.8) is 0 Å². The van der Waals surface area contributed by atoms with Gasteiger partial charge in [-0.05, 0) is 37.1 Å². The molecule has 128 valence electrons. The van der Waals surface area contributed by atoms with Crippen LogP contribution in [0, 0.1) is 6.92 Å². The number of benzene rings is 2. The molecule has 1 N–H and O–H groups in total. The largest absolute Gasteiger partial charge is 0.464 e. The van der Waals surface area contributed by atoms with Crippen molar-refractivity contribution in [1.82, 2.24) is 0 Å². The third-order valence-electron chi connectivity index (χ3n) is 3.50. The van der Waals surface area contributed by atoms with E-state index in [4.69, 9.17) is 39.5 Å². The summed E-state index contributed by atoms with van der Waals surface area (Å²) in [4.78, 5) is 12.6. The summed E-state index contributed by atoms with van der Waals surface area (Å²) in [6.07, 6.45) is 0.722. The van der Waals surface area contributed by atoms with Gasteiger partial charge in [0.05, 0.1) is 16.7 Å². The van der Waals surface area contributed by atoms with E-state index >= 15 is 0 Å². The second kappa shape index (κ2) is 8.61. The quantitative estimate of drug-likeness (QED) is 0.484. The van der Waals surface area contributed by atoms with Crippen LogP contribution in [0.4, 0.5) is 5.69 Å². The lowest BCUT2D eigenvalue weighted by Crippen LogP contribution is -2.25. The fourth-order valence-electron chi connectivity index (χ4n) is 2.23. The molecule has 1 unspecified atom stereocenters. The zero-order valence-corrected chi connectivity index (χ0v) is 15.7. The minimum Gasteiger partial charge on any atom is -0.464 e. The lowest BCUT2D eigenvalue weighted by molar-refractivity contribution is -0.144. The Kier molecular flexibility index (Phi) is 6.79. The van der Waals surface area contributed by atoms with E-state index in [-0.39, 0.29) is 5.02 Å². The minimum atomic E-state index is -0.851. The Labute approximate surface area is 156 Å². The van der Waals surface area contributed by atoms with Crippen LogP contribution in [0.15, 0.2) is 36.4 Å². The van der Waals surface area contributed by atoms with Gasteiger partial charge in [-0.15, -0.1) is 0 Å². The van der Waals surface area contributed by atoms with E-state index in [2.05, 4.69) is 5.32 Å². The predicted molar refractivity (Wildman–Crippen MR) is 100 cm³/mol. The third-order valence-corrected chi connectivity index (χ3v) is 4.65. The summed E-state index contributed by atoms with van der Waals surface area (Å²) in [6.45, 7) is 4.19. The molecule has 2 aromatic carbocycles. The first-order valence-corrected chi connectivity index (χ1v) is 8.71. The first-order valence-electron chi connectivity index (χ1n) is 7.58. The normalized spacial score (nSPS) is 11.9. The fraction of sp³-hybridized carbons (Fsp3) is 0.278. The summed E-state index contributed by atoms with van der Waals surface area (Å²) < 4.78 is 5.31. The van der Waals surface area contributed by atoms with Crippen molar-refractivity contribution >= 4 is 46.5 Å². The number of halogens is 3. The minimum absolute atomic E-state index is 0.240. The van der Waals surface area contributed by atoms with Gasteiger partial charge >= 0.3 is 5.97 Å². The van der Waals surface area contributed by atoms with Crippen molar-refractivity contribution in [3.8, 4) is 0 Å². The molecule has 0 saturated heterocycles. The van der Waals surface area contributed by atoms with Crippen molar-refractivity contribution in [2.75, 3.05) is 11.9 Å². The van der Waals surface area contributed by atoms with Crippen molar-refractivity contribution in [2.24, 2.45) is 0 Å². The first-order chi connectivity index (χ1) is 11.5. The molecule has 0 amide bonds. The Morgan fingerprint density at radius 2 is 1.79 bits per heavy atom.